The van der Waals surface area contributed by atoms with E-state index >= 15 is 0 Å². The lowest BCUT2D eigenvalue weighted by atomic mass is 10.0. The van der Waals surface area contributed by atoms with Gasteiger partial charge in [-0.05, 0) is 115 Å². The number of carbonyl (C=O) groups excluding carboxylic acids is 18. The molecule has 6 heterocycles. The van der Waals surface area contributed by atoms with Crippen LogP contribution in [-0.4, -0.2) is 250 Å². The number of nitrogens with zero attached hydrogens (tertiary/aromatic N) is 12. The summed E-state index contributed by atoms with van der Waals surface area (Å²) >= 11 is 12.0. The summed E-state index contributed by atoms with van der Waals surface area (Å²) < 4.78 is 37.4. The van der Waals surface area contributed by atoms with Gasteiger partial charge in [-0.2, -0.15) is 13.2 Å². The van der Waals surface area contributed by atoms with Crippen molar-refractivity contribution in [3.05, 3.63) is 245 Å². The molecule has 117 heavy (non-hydrogen) atoms. The van der Waals surface area contributed by atoms with Gasteiger partial charge < -0.3 is 0 Å². The van der Waals surface area contributed by atoms with Crippen molar-refractivity contribution in [2.24, 2.45) is 0 Å². The van der Waals surface area contributed by atoms with Crippen molar-refractivity contribution in [1.82, 2.24) is 58.8 Å². The molecule has 24 amide bonds. The quantitative estimate of drug-likeness (QED) is 0.110. The second-order valence-electron chi connectivity index (χ2n) is 26.3. The first-order chi connectivity index (χ1) is 54.7. The van der Waals surface area contributed by atoms with Crippen LogP contribution in [0, 0.1) is 20.8 Å². The van der Waals surface area contributed by atoms with E-state index in [-0.39, 0.29) is 39.0 Å². The van der Waals surface area contributed by atoms with Gasteiger partial charge in [0.2, 0.25) is 0 Å². The number of benzene rings is 6. The topological polar surface area (TPSA) is 346 Å². The summed E-state index contributed by atoms with van der Waals surface area (Å²) in [7, 11) is 15.9. The van der Waals surface area contributed by atoms with Gasteiger partial charge >= 0.3 is 42.4 Å². The number of alkyl halides is 3. The number of hydrogen-bond donors (Lipinski definition) is 0. The van der Waals surface area contributed by atoms with Gasteiger partial charge in [-0.25, -0.2) is 28.8 Å². The van der Waals surface area contributed by atoms with Gasteiger partial charge in [0.15, 0.2) is 0 Å². The van der Waals surface area contributed by atoms with Crippen LogP contribution < -0.4 is 0 Å². The molecule has 6 aliphatic rings. The number of likely N-dealkylation sites (N-methyl/N-ethyl adjacent to an activating group) is 12. The molecule has 606 valence electrons. The van der Waals surface area contributed by atoms with Crippen LogP contribution in [0.2, 0.25) is 10.0 Å². The highest BCUT2D eigenvalue weighted by Gasteiger charge is 2.43. The van der Waals surface area contributed by atoms with Gasteiger partial charge in [-0.3, -0.25) is 116 Å². The van der Waals surface area contributed by atoms with Crippen LogP contribution in [0.3, 0.4) is 0 Å². The van der Waals surface area contributed by atoms with E-state index in [1.807, 2.05) is 112 Å². The Morgan fingerprint density at radius 3 is 0.709 bits per heavy atom. The van der Waals surface area contributed by atoms with E-state index in [9.17, 15) is 99.5 Å². The van der Waals surface area contributed by atoms with Gasteiger partial charge in [-0.15, -0.1) is 0 Å². The molecular weight excluding hydrogens is 1570 g/mol. The van der Waals surface area contributed by atoms with Crippen molar-refractivity contribution in [2.75, 3.05) is 84.6 Å². The number of aryl methyl sites for hydroxylation is 3. The number of urea groups is 6. The Bertz CT molecular complexity index is 5090. The first kappa shape index (κ1) is 90.0. The summed E-state index contributed by atoms with van der Waals surface area (Å²) in [6, 6.07) is 36.2. The first-order valence-corrected chi connectivity index (χ1v) is 35.3. The molecule has 6 aromatic rings. The molecule has 0 atom stereocenters. The van der Waals surface area contributed by atoms with E-state index in [1.165, 1.54) is 115 Å². The number of amides is 24. The number of imide groups is 12. The van der Waals surface area contributed by atoms with E-state index in [0.29, 0.717) is 15.6 Å². The van der Waals surface area contributed by atoms with Crippen LogP contribution in [0.4, 0.5) is 41.9 Å². The average Bonchev–Trinajstić information content (AvgIpc) is 0.816. The summed E-state index contributed by atoms with van der Waals surface area (Å²) in [6.07, 6.45) is 4.02. The van der Waals surface area contributed by atoms with E-state index < -0.39 is 119 Å². The van der Waals surface area contributed by atoms with E-state index in [4.69, 9.17) is 23.2 Å². The van der Waals surface area contributed by atoms with Gasteiger partial charge in [0.25, 0.3) is 70.9 Å². The van der Waals surface area contributed by atoms with E-state index in [1.54, 1.807) is 30.3 Å². The molecule has 0 saturated carbocycles. The molecule has 6 saturated heterocycles. The third kappa shape index (κ3) is 20.4. The maximum atomic E-state index is 12.5. The lowest BCUT2D eigenvalue weighted by Gasteiger charge is -2.28. The number of carbonyl (C=O) groups is 18. The number of halogens is 5. The van der Waals surface area contributed by atoms with Gasteiger partial charge in [0.1, 0.15) is 33.4 Å². The fourth-order valence-corrected chi connectivity index (χ4v) is 11.4. The predicted octanol–water partition coefficient (Wildman–Crippen LogP) is 9.97. The Hall–Kier alpha value is -14.2. The Morgan fingerprint density at radius 1 is 0.248 bits per heavy atom. The second-order valence-corrected chi connectivity index (χ2v) is 27.1. The first-order valence-electron chi connectivity index (χ1n) is 34.5. The SMILES string of the molecule is CN1C(=O)C(=Cc2c(Cl)cccc2Cl)C(=O)N(C)C1=O.CN1C(=O)C(=Cc2ccc(C(F)(F)F)cc2)C(=O)N(C)C1=O.CN1C(=O)C(=Cc2ccccc2)C(=O)N(C)C1=O.Cc1ccc(C=C2C(=O)N(C)C(=O)N(C)C2=O)cc1.Cc1ccc(C=C2C(=O)N(C)C(=O)N(C)C2=O)cc1.Cc1ccccc1C=C1C(=O)N(C)C(=O)N(C)C1=O. The minimum absolute atomic E-state index is 0.00102. The largest absolute Gasteiger partial charge is 0.416 e. The lowest BCUT2D eigenvalue weighted by Crippen LogP contribution is -2.52. The molecule has 0 aromatic heterocycles. The predicted molar refractivity (Wildman–Crippen MR) is 421 cm³/mol. The van der Waals surface area contributed by atoms with Crippen molar-refractivity contribution in [3.8, 4) is 0 Å². The van der Waals surface area contributed by atoms with Crippen molar-refractivity contribution >= 4 is 167 Å². The molecule has 0 N–H and O–H groups in total. The third-order valence-corrected chi connectivity index (χ3v) is 18.7. The fraction of sp³-hybridized carbons (Fsp3) is 0.195. The number of barbiturate groups is 6. The fourth-order valence-electron chi connectivity index (χ4n) is 10.9. The molecule has 35 heteroatoms. The number of rotatable bonds is 6. The molecule has 12 rings (SSSR count). The van der Waals surface area contributed by atoms with Crippen LogP contribution in [0.1, 0.15) is 55.6 Å². The van der Waals surface area contributed by atoms with Crippen molar-refractivity contribution in [1.29, 1.82) is 0 Å². The van der Waals surface area contributed by atoms with Crippen molar-refractivity contribution in [2.45, 2.75) is 26.9 Å². The number of hydrogen-bond acceptors (Lipinski definition) is 18. The smallest absolute Gasteiger partial charge is 0.268 e. The van der Waals surface area contributed by atoms with Crippen LogP contribution in [0.5, 0.6) is 0 Å². The van der Waals surface area contributed by atoms with Crippen LogP contribution >= 0.6 is 23.2 Å². The van der Waals surface area contributed by atoms with Gasteiger partial charge in [0.05, 0.1) is 5.56 Å². The minimum atomic E-state index is -4.46. The third-order valence-electron chi connectivity index (χ3n) is 18.1. The standard InChI is InChI=1S/C14H11F3N2O3.3C14H14N2O3.C13H10Cl2N2O3.C13H12N2O3/c1-18-11(20)10(12(21)19(2)13(18)22)7-8-3-5-9(6-4-8)14(15,16)17;2*1-9-4-6-10(7-5-9)8-11-12(17)15(2)14(19)16(3)13(11)18;1-9-6-4-5-7-10(9)8-11-12(17)15(2)14(19)16(3)13(11)18;1-16-11(18)8(12(19)17(2)13(16)20)6-7-9(14)4-3-5-10(7)15;1-14-11(16)10(12(17)15(2)13(14)18)8-9-6-4-3-5-7-9/h3-7H,1-2H3;3*4-8H,1-3H3;3-6H,1-2H3;3-8H,1-2H3. The highest BCUT2D eigenvalue weighted by molar-refractivity contribution is 6.39. The summed E-state index contributed by atoms with van der Waals surface area (Å²) in [4.78, 5) is 224. The summed E-state index contributed by atoms with van der Waals surface area (Å²) in [6.45, 7) is 5.80. The second kappa shape index (κ2) is 37.6. The van der Waals surface area contributed by atoms with Crippen molar-refractivity contribution in [3.63, 3.8) is 0 Å². The normalized spacial score (nSPS) is 16.2. The molecule has 6 aromatic carbocycles. The monoisotopic (exact) mass is 1640 g/mol. The van der Waals surface area contributed by atoms with Crippen LogP contribution in [0.25, 0.3) is 36.5 Å². The molecule has 0 aliphatic carbocycles. The Kier molecular flexibility index (Phi) is 28.9. The average molecular weight is 1640 g/mol. The zero-order chi connectivity index (χ0) is 87.4. The molecule has 6 fully saturated rings. The summed E-state index contributed by atoms with van der Waals surface area (Å²) in [5.74, 6) is -7.57. The molecule has 0 bridgehead atoms. The zero-order valence-electron chi connectivity index (χ0n) is 65.4. The van der Waals surface area contributed by atoms with E-state index in [0.717, 1.165) is 128 Å². The van der Waals surface area contributed by atoms with Crippen LogP contribution in [0.15, 0.2) is 179 Å². The van der Waals surface area contributed by atoms with Crippen LogP contribution in [-0.2, 0) is 63.7 Å². The molecule has 0 radical (unpaired) electrons. The maximum Gasteiger partial charge on any atom is 0.416 e. The van der Waals surface area contributed by atoms with E-state index in [2.05, 4.69) is 0 Å². The Morgan fingerprint density at radius 2 is 0.462 bits per heavy atom. The minimum Gasteiger partial charge on any atom is -0.268 e. The van der Waals surface area contributed by atoms with Gasteiger partial charge in [0, 0.05) is 100 Å². The Balaban J connectivity index is 0.000000194. The molecule has 0 spiro atoms. The molecular formula is C82H75Cl2F3N12O18. The maximum absolute atomic E-state index is 12.5. The highest BCUT2D eigenvalue weighted by atomic mass is 35.5. The molecule has 30 nitrogen and oxygen atoms in total. The summed E-state index contributed by atoms with van der Waals surface area (Å²) in [5, 5.41) is 0.626. The molecule has 6 aliphatic heterocycles. The highest BCUT2D eigenvalue weighted by Crippen LogP contribution is 2.32. The zero-order valence-corrected chi connectivity index (χ0v) is 66.9. The Labute approximate surface area is 677 Å². The van der Waals surface area contributed by atoms with Crippen molar-refractivity contribution < 1.29 is 99.5 Å². The molecule has 0 unspecified atom stereocenters. The van der Waals surface area contributed by atoms with Gasteiger partial charge in [-0.1, -0.05) is 156 Å². The lowest BCUT2D eigenvalue weighted by molar-refractivity contribution is -0.138. The summed E-state index contributed by atoms with van der Waals surface area (Å²) in [5.41, 5.74) is 5.47.